The van der Waals surface area contributed by atoms with Crippen LogP contribution in [0, 0.1) is 11.8 Å². The van der Waals surface area contributed by atoms with Gasteiger partial charge in [0.25, 0.3) is 0 Å². The van der Waals surface area contributed by atoms with E-state index >= 15 is 0 Å². The zero-order valence-corrected chi connectivity index (χ0v) is 12.1. The summed E-state index contributed by atoms with van der Waals surface area (Å²) in [6.07, 6.45) is 1.83. The molecule has 2 fully saturated rings. The number of hydrogen-bond donors (Lipinski definition) is 1. The maximum absolute atomic E-state index is 12.9. The Morgan fingerprint density at radius 2 is 1.95 bits per heavy atom. The van der Waals surface area contributed by atoms with E-state index in [0.29, 0.717) is 19.1 Å². The van der Waals surface area contributed by atoms with Crippen molar-refractivity contribution in [3.05, 3.63) is 0 Å². The molecule has 0 spiro atoms. The van der Waals surface area contributed by atoms with E-state index in [-0.39, 0.29) is 24.6 Å². The summed E-state index contributed by atoms with van der Waals surface area (Å²) in [4.78, 5) is 14.0. The number of alkyl halides is 1. The average molecular weight is 272 g/mol. The largest absolute Gasteiger partial charge is 0.444 e. The molecule has 0 bridgehead atoms. The van der Waals surface area contributed by atoms with Crippen molar-refractivity contribution in [1.82, 2.24) is 10.2 Å². The fourth-order valence-corrected chi connectivity index (χ4v) is 2.51. The number of amides is 1. The normalized spacial score (nSPS) is 27.4. The number of carbonyl (C=O) groups is 1. The van der Waals surface area contributed by atoms with Crippen molar-refractivity contribution in [3.8, 4) is 0 Å². The lowest BCUT2D eigenvalue weighted by Gasteiger charge is -2.30. The first kappa shape index (κ1) is 14.6. The van der Waals surface area contributed by atoms with Crippen molar-refractivity contribution in [2.24, 2.45) is 11.8 Å². The molecule has 1 N–H and O–H groups in total. The van der Waals surface area contributed by atoms with E-state index in [4.69, 9.17) is 4.74 Å². The highest BCUT2D eigenvalue weighted by Gasteiger charge is 2.39. The Morgan fingerprint density at radius 3 is 2.47 bits per heavy atom. The Kier molecular flexibility index (Phi) is 4.33. The minimum absolute atomic E-state index is 0.0312. The zero-order chi connectivity index (χ0) is 14.0. The first-order valence-electron chi connectivity index (χ1n) is 7.17. The number of nitrogens with one attached hydrogen (secondary N) is 1. The lowest BCUT2D eigenvalue weighted by atomic mass is 9.97. The lowest BCUT2D eigenvalue weighted by molar-refractivity contribution is 0.0191. The number of hydrogen-bond acceptors (Lipinski definition) is 3. The highest BCUT2D eigenvalue weighted by atomic mass is 19.1. The van der Waals surface area contributed by atoms with Gasteiger partial charge in [0, 0.05) is 31.6 Å². The van der Waals surface area contributed by atoms with Gasteiger partial charge in [-0.3, -0.25) is 4.39 Å². The predicted molar refractivity (Wildman–Crippen MR) is 71.8 cm³/mol. The van der Waals surface area contributed by atoms with Crippen molar-refractivity contribution in [2.75, 3.05) is 26.3 Å². The smallest absolute Gasteiger partial charge is 0.410 e. The van der Waals surface area contributed by atoms with Crippen LogP contribution < -0.4 is 5.32 Å². The summed E-state index contributed by atoms with van der Waals surface area (Å²) in [7, 11) is 0. The minimum Gasteiger partial charge on any atom is -0.444 e. The molecule has 1 aliphatic carbocycles. The number of halogens is 1. The van der Waals surface area contributed by atoms with Gasteiger partial charge in [0.05, 0.1) is 6.67 Å². The highest BCUT2D eigenvalue weighted by molar-refractivity contribution is 5.69. The zero-order valence-electron chi connectivity index (χ0n) is 12.1. The second kappa shape index (κ2) is 5.65. The molecule has 1 saturated heterocycles. The van der Waals surface area contributed by atoms with Gasteiger partial charge in [-0.2, -0.15) is 0 Å². The van der Waals surface area contributed by atoms with Crippen LogP contribution >= 0.6 is 0 Å². The van der Waals surface area contributed by atoms with E-state index < -0.39 is 5.60 Å². The molecule has 1 aliphatic heterocycles. The van der Waals surface area contributed by atoms with Gasteiger partial charge in [-0.15, -0.1) is 0 Å². The summed E-state index contributed by atoms with van der Waals surface area (Å²) in [6, 6.07) is 0.302. The molecule has 2 rings (SSSR count). The number of ether oxygens (including phenoxy) is 1. The molecule has 5 heteroatoms. The van der Waals surface area contributed by atoms with Crippen LogP contribution in [0.25, 0.3) is 0 Å². The van der Waals surface area contributed by atoms with Crippen molar-refractivity contribution < 1.29 is 13.9 Å². The summed E-state index contributed by atoms with van der Waals surface area (Å²) < 4.78 is 18.4. The van der Waals surface area contributed by atoms with Gasteiger partial charge in [-0.25, -0.2) is 4.79 Å². The summed E-state index contributed by atoms with van der Waals surface area (Å²) in [5.41, 5.74) is -0.475. The van der Waals surface area contributed by atoms with E-state index in [2.05, 4.69) is 5.32 Å². The summed E-state index contributed by atoms with van der Waals surface area (Å²) in [6.45, 7) is 7.42. The molecule has 1 heterocycles. The minimum atomic E-state index is -0.475. The van der Waals surface area contributed by atoms with Gasteiger partial charge in [0.1, 0.15) is 5.60 Å². The second-order valence-corrected chi connectivity index (χ2v) is 6.70. The maximum Gasteiger partial charge on any atom is 0.410 e. The molecule has 0 aromatic carbocycles. The Balaban J connectivity index is 1.94. The molecule has 110 valence electrons. The maximum atomic E-state index is 12.9. The van der Waals surface area contributed by atoms with Crippen LogP contribution in [-0.2, 0) is 4.74 Å². The highest BCUT2D eigenvalue weighted by Crippen LogP contribution is 2.31. The molecule has 0 aromatic rings. The third-order valence-electron chi connectivity index (χ3n) is 3.72. The fraction of sp³-hybridized carbons (Fsp3) is 0.929. The van der Waals surface area contributed by atoms with Gasteiger partial charge in [-0.05, 0) is 39.5 Å². The Bertz CT molecular complexity index is 326. The molecule has 1 saturated carbocycles. The number of carbonyl (C=O) groups excluding carboxylic acids is 1. The third-order valence-corrected chi connectivity index (χ3v) is 3.72. The second-order valence-electron chi connectivity index (χ2n) is 6.70. The topological polar surface area (TPSA) is 41.6 Å². The van der Waals surface area contributed by atoms with Crippen molar-refractivity contribution in [3.63, 3.8) is 0 Å². The molecule has 0 unspecified atom stereocenters. The van der Waals surface area contributed by atoms with Crippen LogP contribution in [0.1, 0.15) is 33.6 Å². The van der Waals surface area contributed by atoms with Crippen LogP contribution in [0.4, 0.5) is 9.18 Å². The molecule has 4 nitrogen and oxygen atoms in total. The average Bonchev–Trinajstić information content (AvgIpc) is 3.03. The van der Waals surface area contributed by atoms with Crippen molar-refractivity contribution >= 4 is 6.09 Å². The molecular formula is C14H25FN2O2. The van der Waals surface area contributed by atoms with E-state index in [0.717, 1.165) is 19.4 Å². The predicted octanol–water partition coefficient (Wildman–Crippen LogP) is 2.19. The molecule has 19 heavy (non-hydrogen) atoms. The van der Waals surface area contributed by atoms with Crippen LogP contribution in [-0.4, -0.2) is 48.9 Å². The molecule has 2 atom stereocenters. The SMILES string of the molecule is CC(C)(C)OC(=O)N(C[C@H]1CNC[C@H]1CF)C1CC1. The summed E-state index contributed by atoms with van der Waals surface area (Å²) in [5, 5.41) is 3.21. The Morgan fingerprint density at radius 1 is 1.32 bits per heavy atom. The van der Waals surface area contributed by atoms with Crippen molar-refractivity contribution in [1.29, 1.82) is 0 Å². The van der Waals surface area contributed by atoms with Crippen LogP contribution in [0.5, 0.6) is 0 Å². The first-order chi connectivity index (χ1) is 8.90. The summed E-state index contributed by atoms with van der Waals surface area (Å²) in [5.74, 6) is 0.238. The Labute approximate surface area is 114 Å². The van der Waals surface area contributed by atoms with Gasteiger partial charge in [0.15, 0.2) is 0 Å². The van der Waals surface area contributed by atoms with E-state index in [1.165, 1.54) is 0 Å². The van der Waals surface area contributed by atoms with Gasteiger partial charge < -0.3 is 15.0 Å². The monoisotopic (exact) mass is 272 g/mol. The molecule has 0 radical (unpaired) electrons. The van der Waals surface area contributed by atoms with Gasteiger partial charge in [-0.1, -0.05) is 0 Å². The fourth-order valence-electron chi connectivity index (χ4n) is 2.51. The lowest BCUT2D eigenvalue weighted by Crippen LogP contribution is -2.42. The molecule has 1 amide bonds. The van der Waals surface area contributed by atoms with Crippen LogP contribution in [0.15, 0.2) is 0 Å². The van der Waals surface area contributed by atoms with E-state index in [1.807, 2.05) is 25.7 Å². The first-order valence-corrected chi connectivity index (χ1v) is 7.17. The van der Waals surface area contributed by atoms with Gasteiger partial charge >= 0.3 is 6.09 Å². The van der Waals surface area contributed by atoms with Crippen molar-refractivity contribution in [2.45, 2.75) is 45.3 Å². The van der Waals surface area contributed by atoms with Crippen LogP contribution in [0.3, 0.4) is 0 Å². The third kappa shape index (κ3) is 4.06. The summed E-state index contributed by atoms with van der Waals surface area (Å²) >= 11 is 0. The number of rotatable bonds is 4. The molecule has 2 aliphatic rings. The molecule has 0 aromatic heterocycles. The quantitative estimate of drug-likeness (QED) is 0.853. The standard InChI is InChI=1S/C14H25FN2O2/c1-14(2,3)19-13(18)17(12-4-5-12)9-11-8-16-7-10(11)6-15/h10-12,16H,4-9H2,1-3H3/t10-,11-/m1/s1. The Hall–Kier alpha value is -0.840. The number of nitrogens with zero attached hydrogens (tertiary/aromatic N) is 1. The van der Waals surface area contributed by atoms with E-state index in [1.54, 1.807) is 0 Å². The van der Waals surface area contributed by atoms with Crippen LogP contribution in [0.2, 0.25) is 0 Å². The van der Waals surface area contributed by atoms with Gasteiger partial charge in [0.2, 0.25) is 0 Å². The van der Waals surface area contributed by atoms with E-state index in [9.17, 15) is 9.18 Å². The molecular weight excluding hydrogens is 247 g/mol.